The van der Waals surface area contributed by atoms with Gasteiger partial charge in [-0.3, -0.25) is 14.4 Å². The predicted octanol–water partition coefficient (Wildman–Crippen LogP) is 2.05. The van der Waals surface area contributed by atoms with E-state index in [1.807, 2.05) is 6.07 Å². The van der Waals surface area contributed by atoms with E-state index in [1.165, 1.54) is 24.7 Å². The third-order valence-electron chi connectivity index (χ3n) is 7.28. The van der Waals surface area contributed by atoms with Crippen molar-refractivity contribution in [1.82, 2.24) is 31.2 Å². The van der Waals surface area contributed by atoms with Crippen LogP contribution in [0, 0.1) is 11.8 Å². The number of phenols is 1. The van der Waals surface area contributed by atoms with Crippen LogP contribution >= 0.6 is 0 Å². The molecule has 14 nitrogen and oxygen atoms in total. The Kier molecular flexibility index (Phi) is 13.3. The van der Waals surface area contributed by atoms with Gasteiger partial charge in [0.05, 0.1) is 6.33 Å². The molecule has 252 valence electrons. The molecule has 0 saturated heterocycles. The molecule has 0 aliphatic rings. The number of alkyl carbamates (subject to hydrolysis) is 1. The summed E-state index contributed by atoms with van der Waals surface area (Å²) in [4.78, 5) is 71.7. The average molecular weight is 651 g/mol. The van der Waals surface area contributed by atoms with Crippen LogP contribution in [0.1, 0.15) is 44.5 Å². The lowest BCUT2D eigenvalue weighted by atomic mass is 9.99. The molecule has 7 N–H and O–H groups in total. The zero-order valence-corrected chi connectivity index (χ0v) is 26.7. The minimum Gasteiger partial charge on any atom is -0.508 e. The van der Waals surface area contributed by atoms with Gasteiger partial charge in [0, 0.05) is 24.7 Å². The average Bonchev–Trinajstić information content (AvgIpc) is 3.55. The third kappa shape index (κ3) is 11.5. The number of benzene rings is 2. The van der Waals surface area contributed by atoms with E-state index in [1.54, 1.807) is 64.1 Å². The van der Waals surface area contributed by atoms with Crippen LogP contribution in [0.4, 0.5) is 4.79 Å². The number of aromatic amines is 1. The summed E-state index contributed by atoms with van der Waals surface area (Å²) in [6.45, 7) is 6.80. The van der Waals surface area contributed by atoms with Crippen LogP contribution in [-0.2, 0) is 43.4 Å². The lowest BCUT2D eigenvalue weighted by Crippen LogP contribution is -2.60. The van der Waals surface area contributed by atoms with Crippen molar-refractivity contribution < 1.29 is 38.9 Å². The highest BCUT2D eigenvalue weighted by Gasteiger charge is 2.33. The number of nitrogens with zero attached hydrogens (tertiary/aromatic N) is 1. The van der Waals surface area contributed by atoms with E-state index in [-0.39, 0.29) is 25.2 Å². The molecule has 3 aromatic rings. The van der Waals surface area contributed by atoms with Gasteiger partial charge in [0.25, 0.3) is 0 Å². The molecular formula is C33H42N6O8. The summed E-state index contributed by atoms with van der Waals surface area (Å²) in [6, 6.07) is 10.3. The zero-order valence-electron chi connectivity index (χ0n) is 26.7. The van der Waals surface area contributed by atoms with E-state index in [9.17, 15) is 34.2 Å². The van der Waals surface area contributed by atoms with E-state index < -0.39 is 65.8 Å². The van der Waals surface area contributed by atoms with Crippen LogP contribution in [0.15, 0.2) is 67.1 Å². The Balaban J connectivity index is 1.76. The van der Waals surface area contributed by atoms with Crippen molar-refractivity contribution in [2.45, 2.75) is 71.3 Å². The standard InChI is InChI=1S/C33H42N6O8/c1-19(2)27(30(42)37-26(32(44)45)15-23-16-34-18-35-23)38-29(41)25(14-21-10-12-24(40)13-11-21)36-31(43)28(20(3)4)39-33(46)47-17-22-8-6-5-7-9-22/h5-13,16,18-20,25-28,40H,14-15,17H2,1-4H3,(H,34,35)(H,36,43)(H,37,42)(H,38,41)(H,39,46)(H,44,45)/t25-,26-,27-,28-/m0/s1. The summed E-state index contributed by atoms with van der Waals surface area (Å²) in [7, 11) is 0. The highest BCUT2D eigenvalue weighted by atomic mass is 16.5. The maximum absolute atomic E-state index is 13.7. The molecule has 1 aromatic heterocycles. The Bertz CT molecular complexity index is 1480. The highest BCUT2D eigenvalue weighted by Crippen LogP contribution is 2.14. The Morgan fingerprint density at radius 3 is 1.89 bits per heavy atom. The van der Waals surface area contributed by atoms with Crippen molar-refractivity contribution in [2.24, 2.45) is 11.8 Å². The lowest BCUT2D eigenvalue weighted by Gasteiger charge is -2.28. The molecule has 47 heavy (non-hydrogen) atoms. The normalized spacial score (nSPS) is 13.6. The number of ether oxygens (including phenoxy) is 1. The number of hydrogen-bond acceptors (Lipinski definition) is 8. The summed E-state index contributed by atoms with van der Waals surface area (Å²) in [5.41, 5.74) is 1.85. The number of carbonyl (C=O) groups excluding carboxylic acids is 4. The number of hydrogen-bond donors (Lipinski definition) is 7. The van der Waals surface area contributed by atoms with Gasteiger partial charge < -0.3 is 41.2 Å². The molecule has 0 fully saturated rings. The molecular weight excluding hydrogens is 608 g/mol. The molecule has 4 atom stereocenters. The number of carboxylic acid groups (broad SMARTS) is 1. The number of phenolic OH excluding ortho intramolecular Hbond substituents is 1. The van der Waals surface area contributed by atoms with Gasteiger partial charge in [-0.15, -0.1) is 0 Å². The van der Waals surface area contributed by atoms with Gasteiger partial charge in [0.15, 0.2) is 0 Å². The molecule has 1 heterocycles. The van der Waals surface area contributed by atoms with Gasteiger partial charge in [0.1, 0.15) is 36.5 Å². The number of H-pyrrole nitrogens is 1. The molecule has 0 radical (unpaired) electrons. The molecule has 0 aliphatic carbocycles. The van der Waals surface area contributed by atoms with Crippen LogP contribution in [0.3, 0.4) is 0 Å². The number of aromatic hydroxyl groups is 1. The Morgan fingerprint density at radius 1 is 0.745 bits per heavy atom. The maximum atomic E-state index is 13.7. The highest BCUT2D eigenvalue weighted by molar-refractivity contribution is 5.95. The first-order chi connectivity index (χ1) is 22.3. The SMILES string of the molecule is CC(C)[C@H](NC(=O)OCc1ccccc1)C(=O)N[C@@H](Cc1ccc(O)cc1)C(=O)N[C@H](C(=O)N[C@@H](Cc1cnc[nH]1)C(=O)O)C(C)C. The molecule has 0 bridgehead atoms. The summed E-state index contributed by atoms with van der Waals surface area (Å²) < 4.78 is 5.28. The van der Waals surface area contributed by atoms with E-state index in [2.05, 4.69) is 31.2 Å². The second-order valence-electron chi connectivity index (χ2n) is 11.8. The number of rotatable bonds is 16. The first-order valence-electron chi connectivity index (χ1n) is 15.2. The number of carbonyl (C=O) groups is 5. The van der Waals surface area contributed by atoms with Crippen molar-refractivity contribution in [2.75, 3.05) is 0 Å². The number of aromatic nitrogens is 2. The fraction of sp³-hybridized carbons (Fsp3) is 0.394. The Morgan fingerprint density at radius 2 is 1.34 bits per heavy atom. The predicted molar refractivity (Wildman–Crippen MR) is 171 cm³/mol. The summed E-state index contributed by atoms with van der Waals surface area (Å²) in [5.74, 6) is -4.21. The second-order valence-corrected chi connectivity index (χ2v) is 11.8. The summed E-state index contributed by atoms with van der Waals surface area (Å²) in [6.07, 6.45) is 1.94. The number of nitrogens with one attached hydrogen (secondary N) is 5. The minimum atomic E-state index is -1.30. The molecule has 3 rings (SSSR count). The number of carboxylic acids is 1. The van der Waals surface area contributed by atoms with Crippen molar-refractivity contribution >= 4 is 29.8 Å². The van der Waals surface area contributed by atoms with Crippen LogP contribution in [0.5, 0.6) is 5.75 Å². The van der Waals surface area contributed by atoms with Gasteiger partial charge in [0.2, 0.25) is 17.7 Å². The topological polar surface area (TPSA) is 212 Å². The lowest BCUT2D eigenvalue weighted by molar-refractivity contribution is -0.142. The number of imidazole rings is 1. The van der Waals surface area contributed by atoms with Gasteiger partial charge in [-0.25, -0.2) is 14.6 Å². The quantitative estimate of drug-likeness (QED) is 0.121. The van der Waals surface area contributed by atoms with E-state index in [0.29, 0.717) is 11.3 Å². The molecule has 0 aliphatic heterocycles. The first kappa shape index (κ1) is 36.1. The fourth-order valence-electron chi connectivity index (χ4n) is 4.63. The van der Waals surface area contributed by atoms with Crippen molar-refractivity contribution in [1.29, 1.82) is 0 Å². The Hall–Kier alpha value is -5.40. The van der Waals surface area contributed by atoms with Crippen LogP contribution in [0.2, 0.25) is 0 Å². The number of aliphatic carboxylic acids is 1. The minimum absolute atomic E-state index is 0.00568. The molecule has 4 amide bonds. The largest absolute Gasteiger partial charge is 0.508 e. The van der Waals surface area contributed by atoms with Crippen LogP contribution in [-0.4, -0.2) is 74.1 Å². The number of amides is 4. The Labute approximate surface area is 272 Å². The maximum Gasteiger partial charge on any atom is 0.408 e. The van der Waals surface area contributed by atoms with Crippen molar-refractivity contribution in [3.05, 3.63) is 83.9 Å². The molecule has 0 saturated carbocycles. The monoisotopic (exact) mass is 650 g/mol. The first-order valence-corrected chi connectivity index (χ1v) is 15.2. The van der Waals surface area contributed by atoms with Crippen LogP contribution < -0.4 is 21.3 Å². The fourth-order valence-corrected chi connectivity index (χ4v) is 4.63. The van der Waals surface area contributed by atoms with E-state index >= 15 is 0 Å². The molecule has 14 heteroatoms. The second kappa shape index (κ2) is 17.3. The molecule has 2 aromatic carbocycles. The van der Waals surface area contributed by atoms with Gasteiger partial charge in [-0.1, -0.05) is 70.2 Å². The third-order valence-corrected chi connectivity index (χ3v) is 7.28. The summed E-state index contributed by atoms with van der Waals surface area (Å²) in [5, 5.41) is 29.8. The van der Waals surface area contributed by atoms with Gasteiger partial charge >= 0.3 is 12.1 Å². The van der Waals surface area contributed by atoms with E-state index in [0.717, 1.165) is 5.56 Å². The van der Waals surface area contributed by atoms with Gasteiger partial charge in [-0.2, -0.15) is 0 Å². The van der Waals surface area contributed by atoms with Gasteiger partial charge in [-0.05, 0) is 35.1 Å². The van der Waals surface area contributed by atoms with Crippen molar-refractivity contribution in [3.8, 4) is 5.75 Å². The van der Waals surface area contributed by atoms with E-state index in [4.69, 9.17) is 4.74 Å². The molecule has 0 unspecified atom stereocenters. The summed E-state index contributed by atoms with van der Waals surface area (Å²) >= 11 is 0. The van der Waals surface area contributed by atoms with Crippen LogP contribution in [0.25, 0.3) is 0 Å². The zero-order chi connectivity index (χ0) is 34.5. The smallest absolute Gasteiger partial charge is 0.408 e. The van der Waals surface area contributed by atoms with Crippen molar-refractivity contribution in [3.63, 3.8) is 0 Å². The molecule has 0 spiro atoms.